The lowest BCUT2D eigenvalue weighted by atomic mass is 10.0. The molecule has 0 N–H and O–H groups in total. The van der Waals surface area contributed by atoms with Crippen molar-refractivity contribution in [3.05, 3.63) is 78.1 Å². The van der Waals surface area contributed by atoms with Gasteiger partial charge in [-0.05, 0) is 43.7 Å². The first-order chi connectivity index (χ1) is 14.6. The standard InChI is InChI=1S/C23H26N2O4S/c1-3-28-21-13-12-19(17-22(21)29-4-2)30(26,27)25-16-15-24-14-8-11-20(24)23(25)18-9-6-5-7-10-18/h5-14,17,23H,3-4,15-16H2,1-2H3. The fraction of sp³-hybridized carbons (Fsp3) is 0.304. The molecule has 1 atom stereocenters. The normalized spacial score (nSPS) is 16.8. The van der Waals surface area contributed by atoms with Crippen molar-refractivity contribution in [1.29, 1.82) is 0 Å². The van der Waals surface area contributed by atoms with Gasteiger partial charge in [0.15, 0.2) is 11.5 Å². The summed E-state index contributed by atoms with van der Waals surface area (Å²) in [7, 11) is -3.77. The van der Waals surface area contributed by atoms with E-state index in [9.17, 15) is 8.42 Å². The molecule has 1 aliphatic heterocycles. The quantitative estimate of drug-likeness (QED) is 0.571. The van der Waals surface area contributed by atoms with Gasteiger partial charge < -0.3 is 14.0 Å². The monoisotopic (exact) mass is 426 g/mol. The molecule has 0 bridgehead atoms. The lowest BCUT2D eigenvalue weighted by Gasteiger charge is -2.36. The number of aromatic nitrogens is 1. The molecule has 1 aromatic heterocycles. The van der Waals surface area contributed by atoms with Gasteiger partial charge in [-0.25, -0.2) is 8.42 Å². The Morgan fingerprint density at radius 3 is 2.37 bits per heavy atom. The highest BCUT2D eigenvalue weighted by Gasteiger charge is 2.37. The number of benzene rings is 2. The second-order valence-corrected chi connectivity index (χ2v) is 8.92. The van der Waals surface area contributed by atoms with Gasteiger partial charge in [-0.1, -0.05) is 30.3 Å². The summed E-state index contributed by atoms with van der Waals surface area (Å²) < 4.78 is 42.5. The van der Waals surface area contributed by atoms with Crippen LogP contribution in [0.5, 0.6) is 11.5 Å². The molecule has 0 spiro atoms. The smallest absolute Gasteiger partial charge is 0.244 e. The highest BCUT2D eigenvalue weighted by atomic mass is 32.2. The molecule has 0 amide bonds. The highest BCUT2D eigenvalue weighted by Crippen LogP contribution is 2.38. The fourth-order valence-electron chi connectivity index (χ4n) is 3.92. The van der Waals surface area contributed by atoms with Crippen LogP contribution in [0.2, 0.25) is 0 Å². The third-order valence-electron chi connectivity index (χ3n) is 5.23. The minimum Gasteiger partial charge on any atom is -0.490 e. The van der Waals surface area contributed by atoms with Crippen molar-refractivity contribution in [2.45, 2.75) is 31.3 Å². The van der Waals surface area contributed by atoms with Gasteiger partial charge in [-0.15, -0.1) is 0 Å². The van der Waals surface area contributed by atoms with Gasteiger partial charge in [0.25, 0.3) is 0 Å². The Morgan fingerprint density at radius 1 is 0.900 bits per heavy atom. The van der Waals surface area contributed by atoms with Crippen LogP contribution in [0.1, 0.15) is 31.1 Å². The van der Waals surface area contributed by atoms with Crippen LogP contribution in [0, 0.1) is 0 Å². The number of ether oxygens (including phenoxy) is 2. The summed E-state index contributed by atoms with van der Waals surface area (Å²) in [5.41, 5.74) is 1.91. The van der Waals surface area contributed by atoms with Crippen LogP contribution >= 0.6 is 0 Å². The second-order valence-electron chi connectivity index (χ2n) is 7.03. The molecule has 2 heterocycles. The molecule has 6 nitrogen and oxygen atoms in total. The maximum absolute atomic E-state index is 13.7. The minimum atomic E-state index is -3.77. The number of sulfonamides is 1. The van der Waals surface area contributed by atoms with Gasteiger partial charge in [0.2, 0.25) is 10.0 Å². The molecule has 30 heavy (non-hydrogen) atoms. The van der Waals surface area contributed by atoms with Crippen LogP contribution in [0.3, 0.4) is 0 Å². The number of hydrogen-bond acceptors (Lipinski definition) is 4. The Balaban J connectivity index is 1.79. The number of fused-ring (bicyclic) bond motifs is 1. The lowest BCUT2D eigenvalue weighted by Crippen LogP contribution is -2.42. The van der Waals surface area contributed by atoms with E-state index < -0.39 is 10.0 Å². The first kappa shape index (κ1) is 20.5. The van der Waals surface area contributed by atoms with E-state index in [1.165, 1.54) is 0 Å². The van der Waals surface area contributed by atoms with Crippen molar-refractivity contribution >= 4 is 10.0 Å². The molecule has 0 saturated carbocycles. The Kier molecular flexibility index (Phi) is 5.83. The van der Waals surface area contributed by atoms with E-state index in [0.29, 0.717) is 37.8 Å². The van der Waals surface area contributed by atoms with E-state index in [4.69, 9.17) is 9.47 Å². The van der Waals surface area contributed by atoms with Crippen LogP contribution in [-0.4, -0.2) is 37.0 Å². The average Bonchev–Trinajstić information content (AvgIpc) is 3.24. The molecule has 7 heteroatoms. The van der Waals surface area contributed by atoms with E-state index in [0.717, 1.165) is 11.3 Å². The van der Waals surface area contributed by atoms with Gasteiger partial charge in [0.05, 0.1) is 24.2 Å². The van der Waals surface area contributed by atoms with Crippen molar-refractivity contribution in [2.24, 2.45) is 0 Å². The maximum atomic E-state index is 13.7. The minimum absolute atomic E-state index is 0.204. The van der Waals surface area contributed by atoms with E-state index in [2.05, 4.69) is 4.57 Å². The zero-order valence-electron chi connectivity index (χ0n) is 17.2. The Labute approximate surface area is 177 Å². The lowest BCUT2D eigenvalue weighted by molar-refractivity contribution is 0.285. The van der Waals surface area contributed by atoms with E-state index in [-0.39, 0.29) is 10.9 Å². The predicted molar refractivity (Wildman–Crippen MR) is 115 cm³/mol. The van der Waals surface area contributed by atoms with Crippen LogP contribution in [0.25, 0.3) is 0 Å². The van der Waals surface area contributed by atoms with Gasteiger partial charge in [0.1, 0.15) is 0 Å². The third kappa shape index (κ3) is 3.70. The zero-order valence-corrected chi connectivity index (χ0v) is 18.0. The molecule has 1 unspecified atom stereocenters. The molecule has 2 aromatic carbocycles. The van der Waals surface area contributed by atoms with Crippen LogP contribution in [0.4, 0.5) is 0 Å². The van der Waals surface area contributed by atoms with Crippen LogP contribution in [0.15, 0.2) is 71.8 Å². The molecule has 3 aromatic rings. The number of rotatable bonds is 7. The van der Waals surface area contributed by atoms with Crippen molar-refractivity contribution in [1.82, 2.24) is 8.87 Å². The summed E-state index contributed by atoms with van der Waals surface area (Å²) in [6.45, 7) is 5.65. The fourth-order valence-corrected chi connectivity index (χ4v) is 5.52. The first-order valence-corrected chi connectivity index (χ1v) is 11.6. The summed E-state index contributed by atoms with van der Waals surface area (Å²) in [6.07, 6.45) is 2.00. The largest absolute Gasteiger partial charge is 0.490 e. The zero-order chi connectivity index (χ0) is 21.1. The van der Waals surface area contributed by atoms with Gasteiger partial charge in [0, 0.05) is 31.0 Å². The van der Waals surface area contributed by atoms with Crippen LogP contribution < -0.4 is 9.47 Å². The molecule has 0 aliphatic carbocycles. The third-order valence-corrected chi connectivity index (χ3v) is 7.09. The molecule has 4 rings (SSSR count). The topological polar surface area (TPSA) is 60.8 Å². The Hall–Kier alpha value is -2.77. The average molecular weight is 427 g/mol. The summed E-state index contributed by atoms with van der Waals surface area (Å²) in [5, 5.41) is 0. The van der Waals surface area contributed by atoms with Crippen molar-refractivity contribution in [3.63, 3.8) is 0 Å². The van der Waals surface area contributed by atoms with Gasteiger partial charge >= 0.3 is 0 Å². The maximum Gasteiger partial charge on any atom is 0.244 e. The van der Waals surface area contributed by atoms with E-state index in [1.54, 1.807) is 22.5 Å². The molecular weight excluding hydrogens is 400 g/mol. The summed E-state index contributed by atoms with van der Waals surface area (Å²) >= 11 is 0. The summed E-state index contributed by atoms with van der Waals surface area (Å²) in [4.78, 5) is 0.204. The molecule has 1 aliphatic rings. The molecule has 0 fully saturated rings. The second kappa shape index (κ2) is 8.53. The molecule has 0 saturated heterocycles. The molecule has 158 valence electrons. The highest BCUT2D eigenvalue weighted by molar-refractivity contribution is 7.89. The van der Waals surface area contributed by atoms with E-state index in [1.807, 2.05) is 62.5 Å². The molecule has 0 radical (unpaired) electrons. The summed E-state index contributed by atoms with van der Waals surface area (Å²) in [6, 6.07) is 18.2. The Bertz CT molecular complexity index is 1110. The SMILES string of the molecule is CCOc1ccc(S(=O)(=O)N2CCn3cccc3C2c2ccccc2)cc1OCC. The van der Waals surface area contributed by atoms with E-state index >= 15 is 0 Å². The summed E-state index contributed by atoms with van der Waals surface area (Å²) in [5.74, 6) is 0.988. The first-order valence-electron chi connectivity index (χ1n) is 10.2. The number of hydrogen-bond donors (Lipinski definition) is 0. The van der Waals surface area contributed by atoms with Crippen LogP contribution in [-0.2, 0) is 16.6 Å². The predicted octanol–water partition coefficient (Wildman–Crippen LogP) is 4.08. The van der Waals surface area contributed by atoms with Crippen molar-refractivity contribution < 1.29 is 17.9 Å². The van der Waals surface area contributed by atoms with Crippen molar-refractivity contribution in [3.8, 4) is 11.5 Å². The van der Waals surface area contributed by atoms with Crippen molar-refractivity contribution in [2.75, 3.05) is 19.8 Å². The van der Waals surface area contributed by atoms with Gasteiger partial charge in [-0.3, -0.25) is 0 Å². The Morgan fingerprint density at radius 2 is 1.63 bits per heavy atom. The van der Waals surface area contributed by atoms with Gasteiger partial charge in [-0.2, -0.15) is 4.31 Å². The molecular formula is C23H26N2O4S. The number of nitrogens with zero attached hydrogens (tertiary/aromatic N) is 2.